The number of rotatable bonds is 39. The zero-order valence-electron chi connectivity index (χ0n) is 31.3. The maximum atomic E-state index is 12.0. The molecule has 0 amide bonds. The van der Waals surface area contributed by atoms with Gasteiger partial charge in [0.2, 0.25) is 0 Å². The zero-order chi connectivity index (χ0) is 33.8. The number of carboxylic acid groups (broad SMARTS) is 2. The Balaban J connectivity index is 3.70. The lowest BCUT2D eigenvalue weighted by atomic mass is 9.84. The summed E-state index contributed by atoms with van der Waals surface area (Å²) in [6.45, 7) is 4.55. The molecule has 0 saturated carbocycles. The van der Waals surface area contributed by atoms with Gasteiger partial charge in [-0.2, -0.15) is 0 Å². The molecule has 0 aliphatic carbocycles. The fourth-order valence-electron chi connectivity index (χ4n) is 7.17. The molecule has 46 heavy (non-hydrogen) atoms. The molecule has 2 N–H and O–H groups in total. The van der Waals surface area contributed by atoms with E-state index in [1.807, 2.05) is 0 Å². The molecule has 0 aromatic heterocycles. The normalized spacial score (nSPS) is 12.8. The predicted octanol–water partition coefficient (Wildman–Crippen LogP) is 14.5. The highest BCUT2D eigenvalue weighted by Crippen LogP contribution is 2.26. The van der Waals surface area contributed by atoms with Gasteiger partial charge in [0.1, 0.15) is 0 Å². The minimum Gasteiger partial charge on any atom is -0.481 e. The lowest BCUT2D eigenvalue weighted by Crippen LogP contribution is -2.30. The van der Waals surface area contributed by atoms with Gasteiger partial charge in [0, 0.05) is 0 Å². The van der Waals surface area contributed by atoms with Gasteiger partial charge >= 0.3 is 11.9 Å². The molecule has 0 heterocycles. The first-order chi connectivity index (χ1) is 22.5. The Morgan fingerprint density at radius 3 is 0.609 bits per heavy atom. The monoisotopic (exact) mass is 651 g/mol. The van der Waals surface area contributed by atoms with Crippen LogP contribution >= 0.6 is 0 Å². The summed E-state index contributed by atoms with van der Waals surface area (Å²) in [7, 11) is 0. The van der Waals surface area contributed by atoms with E-state index in [1.165, 1.54) is 180 Å². The Labute approximate surface area is 288 Å². The molecule has 0 rings (SSSR count). The maximum absolute atomic E-state index is 12.0. The van der Waals surface area contributed by atoms with Crippen LogP contribution in [0.25, 0.3) is 0 Å². The largest absolute Gasteiger partial charge is 0.481 e. The minimum absolute atomic E-state index is 0.503. The van der Waals surface area contributed by atoms with E-state index in [4.69, 9.17) is 0 Å². The fraction of sp³-hybridized carbons (Fsp3) is 0.952. The summed E-state index contributed by atoms with van der Waals surface area (Å²) >= 11 is 0. The smallest absolute Gasteiger partial charge is 0.307 e. The number of aliphatic carboxylic acids is 2. The number of hydrogen-bond acceptors (Lipinski definition) is 2. The molecule has 0 radical (unpaired) electrons. The van der Waals surface area contributed by atoms with Gasteiger partial charge in [-0.05, 0) is 12.8 Å². The van der Waals surface area contributed by atoms with E-state index in [0.29, 0.717) is 12.8 Å². The van der Waals surface area contributed by atoms with Crippen LogP contribution in [0.4, 0.5) is 0 Å². The first-order valence-electron chi connectivity index (χ1n) is 21.0. The topological polar surface area (TPSA) is 74.6 Å². The lowest BCUT2D eigenvalue weighted by molar-refractivity contribution is -0.154. The van der Waals surface area contributed by atoms with Crippen LogP contribution in [-0.4, -0.2) is 22.2 Å². The van der Waals surface area contributed by atoms with Gasteiger partial charge in [0.15, 0.2) is 0 Å². The summed E-state index contributed by atoms with van der Waals surface area (Å²) in [5.74, 6) is -3.32. The molecule has 4 heteroatoms. The standard InChI is InChI=1S/C42H82O4/c1-3-5-7-9-11-13-15-17-19-20-21-22-23-24-26-28-30-32-34-36-38-40(42(45)46)39(41(43)44)37-35-33-31-29-27-25-18-16-14-12-10-8-6-4-2/h39-40H,3-38H2,1-2H3,(H,43,44)(H,45,46). The van der Waals surface area contributed by atoms with E-state index in [9.17, 15) is 19.8 Å². The third-order valence-electron chi connectivity index (χ3n) is 10.4. The SMILES string of the molecule is CCCCCCCCCCCCCCCCCCCCCCC(C(=O)O)C(CCCCCCCCCCCCCCCC)C(=O)O. The molecular weight excluding hydrogens is 568 g/mol. The van der Waals surface area contributed by atoms with Gasteiger partial charge < -0.3 is 10.2 Å². The van der Waals surface area contributed by atoms with E-state index in [-0.39, 0.29) is 0 Å². The van der Waals surface area contributed by atoms with Crippen molar-refractivity contribution in [1.82, 2.24) is 0 Å². The zero-order valence-corrected chi connectivity index (χ0v) is 31.3. The van der Waals surface area contributed by atoms with E-state index in [1.54, 1.807) is 0 Å². The van der Waals surface area contributed by atoms with Crippen LogP contribution in [0.3, 0.4) is 0 Å². The number of unbranched alkanes of at least 4 members (excludes halogenated alkanes) is 32. The second kappa shape index (κ2) is 36.8. The number of carbonyl (C=O) groups is 2. The van der Waals surface area contributed by atoms with Gasteiger partial charge in [-0.15, -0.1) is 0 Å². The Morgan fingerprint density at radius 2 is 0.457 bits per heavy atom. The molecule has 0 aliphatic rings. The molecule has 0 bridgehead atoms. The average molecular weight is 651 g/mol. The van der Waals surface area contributed by atoms with Crippen molar-refractivity contribution < 1.29 is 19.8 Å². The van der Waals surface area contributed by atoms with Crippen molar-refractivity contribution in [3.8, 4) is 0 Å². The van der Waals surface area contributed by atoms with Crippen LogP contribution in [0.15, 0.2) is 0 Å². The molecule has 0 saturated heterocycles. The number of hydrogen-bond donors (Lipinski definition) is 2. The van der Waals surface area contributed by atoms with Crippen LogP contribution in [-0.2, 0) is 9.59 Å². The summed E-state index contributed by atoms with van der Waals surface area (Å²) in [6, 6.07) is 0. The number of carboxylic acids is 2. The Morgan fingerprint density at radius 1 is 0.304 bits per heavy atom. The molecule has 0 aromatic rings. The van der Waals surface area contributed by atoms with E-state index >= 15 is 0 Å². The summed E-state index contributed by atoms with van der Waals surface area (Å²) in [6.07, 6.45) is 45.3. The lowest BCUT2D eigenvalue weighted by Gasteiger charge is -2.20. The van der Waals surface area contributed by atoms with Crippen LogP contribution in [0, 0.1) is 11.8 Å². The van der Waals surface area contributed by atoms with Crippen molar-refractivity contribution in [3.05, 3.63) is 0 Å². The van der Waals surface area contributed by atoms with Crippen LogP contribution < -0.4 is 0 Å². The van der Waals surface area contributed by atoms with Crippen molar-refractivity contribution in [2.45, 2.75) is 245 Å². The molecule has 0 fully saturated rings. The van der Waals surface area contributed by atoms with Gasteiger partial charge in [-0.1, -0.05) is 232 Å². The molecular formula is C42H82O4. The molecule has 0 aromatic carbocycles. The predicted molar refractivity (Wildman–Crippen MR) is 200 cm³/mol. The minimum atomic E-state index is -0.921. The highest BCUT2D eigenvalue weighted by Gasteiger charge is 2.32. The summed E-state index contributed by atoms with van der Waals surface area (Å²) in [5.41, 5.74) is 0. The van der Waals surface area contributed by atoms with E-state index in [2.05, 4.69) is 13.8 Å². The van der Waals surface area contributed by atoms with Crippen molar-refractivity contribution in [1.29, 1.82) is 0 Å². The van der Waals surface area contributed by atoms with Gasteiger partial charge in [-0.25, -0.2) is 0 Å². The molecule has 274 valence electrons. The van der Waals surface area contributed by atoms with Gasteiger partial charge in [0.05, 0.1) is 11.8 Å². The van der Waals surface area contributed by atoms with Gasteiger partial charge in [-0.3, -0.25) is 9.59 Å². The fourth-order valence-corrected chi connectivity index (χ4v) is 7.17. The van der Waals surface area contributed by atoms with Crippen molar-refractivity contribution in [2.75, 3.05) is 0 Å². The third-order valence-corrected chi connectivity index (χ3v) is 10.4. The molecule has 4 nitrogen and oxygen atoms in total. The van der Waals surface area contributed by atoms with Crippen molar-refractivity contribution >= 4 is 11.9 Å². The summed E-state index contributed by atoms with van der Waals surface area (Å²) in [4.78, 5) is 23.9. The quantitative estimate of drug-likeness (QED) is 0.0649. The van der Waals surface area contributed by atoms with Crippen LogP contribution in [0.5, 0.6) is 0 Å². The Hall–Kier alpha value is -1.06. The molecule has 2 unspecified atom stereocenters. The van der Waals surface area contributed by atoms with Gasteiger partial charge in [0.25, 0.3) is 0 Å². The van der Waals surface area contributed by atoms with Crippen LogP contribution in [0.2, 0.25) is 0 Å². The van der Waals surface area contributed by atoms with Crippen molar-refractivity contribution in [2.24, 2.45) is 11.8 Å². The maximum Gasteiger partial charge on any atom is 0.307 e. The first kappa shape index (κ1) is 44.9. The van der Waals surface area contributed by atoms with Crippen LogP contribution in [0.1, 0.15) is 245 Å². The average Bonchev–Trinajstić information content (AvgIpc) is 3.04. The van der Waals surface area contributed by atoms with E-state index in [0.717, 1.165) is 38.5 Å². The van der Waals surface area contributed by atoms with E-state index < -0.39 is 23.8 Å². The molecule has 2 atom stereocenters. The highest BCUT2D eigenvalue weighted by molar-refractivity contribution is 5.79. The second-order valence-electron chi connectivity index (χ2n) is 14.8. The molecule has 0 aliphatic heterocycles. The summed E-state index contributed by atoms with van der Waals surface area (Å²) < 4.78 is 0. The second-order valence-corrected chi connectivity index (χ2v) is 14.8. The Bertz CT molecular complexity index is 633. The summed E-state index contributed by atoms with van der Waals surface area (Å²) in [5, 5.41) is 19.6. The third kappa shape index (κ3) is 31.5. The Kier molecular flexibility index (Phi) is 35.9. The first-order valence-corrected chi connectivity index (χ1v) is 21.0. The highest BCUT2D eigenvalue weighted by atomic mass is 16.4. The molecule has 0 spiro atoms. The van der Waals surface area contributed by atoms with Crippen molar-refractivity contribution in [3.63, 3.8) is 0 Å².